The number of carbonyl (C=O) groups excluding carboxylic acids is 1. The minimum Gasteiger partial charge on any atom is -0.397 e. The summed E-state index contributed by atoms with van der Waals surface area (Å²) in [6.45, 7) is 1.52. The molecule has 6 heteroatoms. The van der Waals surface area contributed by atoms with Crippen molar-refractivity contribution in [1.29, 1.82) is 0 Å². The first-order chi connectivity index (χ1) is 8.00. The molecule has 94 valence electrons. The molecule has 0 aliphatic carbocycles. The molecule has 0 aliphatic heterocycles. The van der Waals surface area contributed by atoms with E-state index in [1.54, 1.807) is 0 Å². The van der Waals surface area contributed by atoms with Crippen molar-refractivity contribution in [3.05, 3.63) is 23.0 Å². The van der Waals surface area contributed by atoms with Crippen LogP contribution in [0.4, 0.5) is 5.69 Å². The van der Waals surface area contributed by atoms with Gasteiger partial charge in [0.1, 0.15) is 5.15 Å². The second-order valence-corrected chi connectivity index (χ2v) is 4.38. The van der Waals surface area contributed by atoms with Crippen molar-refractivity contribution in [2.75, 3.05) is 32.9 Å². The van der Waals surface area contributed by atoms with Gasteiger partial charge in [-0.2, -0.15) is 0 Å². The van der Waals surface area contributed by atoms with Crippen LogP contribution in [-0.2, 0) is 0 Å². The second kappa shape index (κ2) is 6.42. The Balaban J connectivity index is 2.49. The fourth-order valence-electron chi connectivity index (χ4n) is 1.32. The molecule has 1 aromatic rings. The molecule has 0 radical (unpaired) electrons. The van der Waals surface area contributed by atoms with E-state index in [1.807, 2.05) is 14.1 Å². The largest absolute Gasteiger partial charge is 0.397 e. The van der Waals surface area contributed by atoms with Crippen LogP contribution >= 0.6 is 11.6 Å². The summed E-state index contributed by atoms with van der Waals surface area (Å²) in [4.78, 5) is 17.6. The van der Waals surface area contributed by atoms with Gasteiger partial charge in [0.25, 0.3) is 5.91 Å². The SMILES string of the molecule is CN(C)CCCNC(=O)c1cc(N)cnc1Cl. The van der Waals surface area contributed by atoms with Crippen molar-refractivity contribution in [2.45, 2.75) is 6.42 Å². The average Bonchev–Trinajstić information content (AvgIpc) is 2.27. The Hall–Kier alpha value is -1.33. The van der Waals surface area contributed by atoms with Crippen molar-refractivity contribution < 1.29 is 4.79 Å². The van der Waals surface area contributed by atoms with Crippen molar-refractivity contribution in [1.82, 2.24) is 15.2 Å². The second-order valence-electron chi connectivity index (χ2n) is 4.02. The number of hydrogen-bond acceptors (Lipinski definition) is 4. The molecule has 0 atom stereocenters. The zero-order valence-corrected chi connectivity index (χ0v) is 10.8. The highest BCUT2D eigenvalue weighted by Gasteiger charge is 2.11. The molecule has 1 amide bonds. The van der Waals surface area contributed by atoms with E-state index >= 15 is 0 Å². The number of anilines is 1. The van der Waals surface area contributed by atoms with Gasteiger partial charge in [0.05, 0.1) is 17.4 Å². The van der Waals surface area contributed by atoms with Crippen LogP contribution in [0, 0.1) is 0 Å². The van der Waals surface area contributed by atoms with E-state index in [9.17, 15) is 4.79 Å². The van der Waals surface area contributed by atoms with Gasteiger partial charge in [0, 0.05) is 6.54 Å². The predicted octanol–water partition coefficient (Wildman–Crippen LogP) is 0.999. The molecule has 0 aromatic carbocycles. The van der Waals surface area contributed by atoms with Gasteiger partial charge >= 0.3 is 0 Å². The number of hydrogen-bond donors (Lipinski definition) is 2. The van der Waals surface area contributed by atoms with Crippen molar-refractivity contribution >= 4 is 23.2 Å². The van der Waals surface area contributed by atoms with E-state index in [2.05, 4.69) is 15.2 Å². The number of nitrogen functional groups attached to an aromatic ring is 1. The quantitative estimate of drug-likeness (QED) is 0.609. The van der Waals surface area contributed by atoms with Crippen LogP contribution in [0.2, 0.25) is 5.15 Å². The number of pyridine rings is 1. The Bertz CT molecular complexity index is 395. The predicted molar refractivity (Wildman–Crippen MR) is 69.2 cm³/mol. The first-order valence-corrected chi connectivity index (χ1v) is 5.72. The number of carbonyl (C=O) groups is 1. The van der Waals surface area contributed by atoms with Gasteiger partial charge < -0.3 is 16.0 Å². The normalized spacial score (nSPS) is 10.6. The fourth-order valence-corrected chi connectivity index (χ4v) is 1.51. The number of nitrogens with two attached hydrogens (primary N) is 1. The zero-order chi connectivity index (χ0) is 12.8. The van der Waals surface area contributed by atoms with Crippen LogP contribution in [0.5, 0.6) is 0 Å². The molecule has 1 heterocycles. The summed E-state index contributed by atoms with van der Waals surface area (Å²) in [5.41, 5.74) is 6.29. The van der Waals surface area contributed by atoms with E-state index in [1.165, 1.54) is 12.3 Å². The van der Waals surface area contributed by atoms with E-state index in [0.29, 0.717) is 17.8 Å². The first-order valence-electron chi connectivity index (χ1n) is 5.34. The third-order valence-electron chi connectivity index (χ3n) is 2.17. The van der Waals surface area contributed by atoms with Gasteiger partial charge in [-0.25, -0.2) is 4.98 Å². The highest BCUT2D eigenvalue weighted by molar-refractivity contribution is 6.32. The molecule has 0 saturated heterocycles. The molecule has 0 fully saturated rings. The maximum absolute atomic E-state index is 11.8. The Morgan fingerprint density at radius 1 is 1.59 bits per heavy atom. The van der Waals surface area contributed by atoms with Gasteiger partial charge in [-0.1, -0.05) is 11.6 Å². The minimum atomic E-state index is -0.242. The molecular formula is C11H17ClN4O. The molecule has 3 N–H and O–H groups in total. The molecule has 1 aromatic heterocycles. The number of amides is 1. The number of aromatic nitrogens is 1. The highest BCUT2D eigenvalue weighted by atomic mass is 35.5. The Labute approximate surface area is 106 Å². The van der Waals surface area contributed by atoms with Crippen LogP contribution in [0.1, 0.15) is 16.8 Å². The van der Waals surface area contributed by atoms with Crippen LogP contribution in [-0.4, -0.2) is 43.0 Å². The summed E-state index contributed by atoms with van der Waals surface area (Å²) in [6, 6.07) is 1.52. The van der Waals surface area contributed by atoms with Crippen LogP contribution < -0.4 is 11.1 Å². The molecule has 1 rings (SSSR count). The highest BCUT2D eigenvalue weighted by Crippen LogP contribution is 2.15. The summed E-state index contributed by atoms with van der Waals surface area (Å²) in [6.07, 6.45) is 2.30. The lowest BCUT2D eigenvalue weighted by atomic mass is 10.2. The van der Waals surface area contributed by atoms with Gasteiger partial charge in [0.15, 0.2) is 0 Å². The van der Waals surface area contributed by atoms with Gasteiger partial charge in [-0.15, -0.1) is 0 Å². The number of halogens is 1. The molecular weight excluding hydrogens is 240 g/mol. The lowest BCUT2D eigenvalue weighted by Gasteiger charge is -2.10. The molecule has 5 nitrogen and oxygen atoms in total. The topological polar surface area (TPSA) is 71.2 Å². The Morgan fingerprint density at radius 2 is 2.29 bits per heavy atom. The van der Waals surface area contributed by atoms with Crippen molar-refractivity contribution in [2.24, 2.45) is 0 Å². The van der Waals surface area contributed by atoms with Gasteiger partial charge in [-0.3, -0.25) is 4.79 Å². The summed E-state index contributed by atoms with van der Waals surface area (Å²) >= 11 is 5.82. The number of nitrogens with zero attached hydrogens (tertiary/aromatic N) is 2. The molecule has 0 unspecified atom stereocenters. The third-order valence-corrected chi connectivity index (χ3v) is 2.47. The lowest BCUT2D eigenvalue weighted by molar-refractivity contribution is 0.0952. The van der Waals surface area contributed by atoms with Crippen LogP contribution in [0.15, 0.2) is 12.3 Å². The maximum atomic E-state index is 11.8. The number of nitrogens with one attached hydrogen (secondary N) is 1. The average molecular weight is 257 g/mol. The summed E-state index contributed by atoms with van der Waals surface area (Å²) in [5, 5.41) is 2.95. The first kappa shape index (κ1) is 13.7. The van der Waals surface area contributed by atoms with Crippen molar-refractivity contribution in [3.8, 4) is 0 Å². The van der Waals surface area contributed by atoms with E-state index in [0.717, 1.165) is 13.0 Å². The van der Waals surface area contributed by atoms with Crippen LogP contribution in [0.25, 0.3) is 0 Å². The Morgan fingerprint density at radius 3 is 2.94 bits per heavy atom. The molecule has 0 bridgehead atoms. The standard InChI is InChI=1S/C11H17ClN4O/c1-16(2)5-3-4-14-11(17)9-6-8(13)7-15-10(9)12/h6-7H,3-5,13H2,1-2H3,(H,14,17). The lowest BCUT2D eigenvalue weighted by Crippen LogP contribution is -2.27. The van der Waals surface area contributed by atoms with E-state index in [4.69, 9.17) is 17.3 Å². The fraction of sp³-hybridized carbons (Fsp3) is 0.455. The molecule has 0 saturated carbocycles. The molecule has 17 heavy (non-hydrogen) atoms. The smallest absolute Gasteiger partial charge is 0.254 e. The molecule has 0 spiro atoms. The molecule has 0 aliphatic rings. The van der Waals surface area contributed by atoms with E-state index in [-0.39, 0.29) is 11.1 Å². The zero-order valence-electron chi connectivity index (χ0n) is 10.0. The Kier molecular flexibility index (Phi) is 5.18. The van der Waals surface area contributed by atoms with E-state index < -0.39 is 0 Å². The van der Waals surface area contributed by atoms with Crippen LogP contribution in [0.3, 0.4) is 0 Å². The minimum absolute atomic E-state index is 0.171. The third kappa shape index (κ3) is 4.58. The maximum Gasteiger partial charge on any atom is 0.254 e. The summed E-state index contributed by atoms with van der Waals surface area (Å²) < 4.78 is 0. The summed E-state index contributed by atoms with van der Waals surface area (Å²) in [7, 11) is 3.97. The van der Waals surface area contributed by atoms with Gasteiger partial charge in [0.2, 0.25) is 0 Å². The van der Waals surface area contributed by atoms with Gasteiger partial charge in [-0.05, 0) is 33.1 Å². The summed E-state index contributed by atoms with van der Waals surface area (Å²) in [5.74, 6) is -0.242. The monoisotopic (exact) mass is 256 g/mol. The van der Waals surface area contributed by atoms with Crippen molar-refractivity contribution in [3.63, 3.8) is 0 Å². The number of rotatable bonds is 5.